The van der Waals surface area contributed by atoms with Gasteiger partial charge in [0.05, 0.1) is 13.2 Å². The van der Waals surface area contributed by atoms with E-state index in [0.717, 1.165) is 68.9 Å². The minimum absolute atomic E-state index is 0.175. The summed E-state index contributed by atoms with van der Waals surface area (Å²) in [5.41, 5.74) is 5.84. The Morgan fingerprint density at radius 1 is 0.600 bits per heavy atom. The van der Waals surface area contributed by atoms with E-state index >= 15 is 0 Å². The number of ether oxygens (including phenoxy) is 4. The van der Waals surface area contributed by atoms with E-state index in [0.29, 0.717) is 13.2 Å². The summed E-state index contributed by atoms with van der Waals surface area (Å²) in [6.07, 6.45) is 0.349. The van der Waals surface area contributed by atoms with Gasteiger partial charge in [0.1, 0.15) is 48.1 Å². The molecule has 2 aliphatic rings. The van der Waals surface area contributed by atoms with Gasteiger partial charge in [0, 0.05) is 34.0 Å². The van der Waals surface area contributed by atoms with Gasteiger partial charge in [-0.05, 0) is 23.3 Å². The molecule has 0 amide bonds. The molecule has 0 bridgehead atoms. The second kappa shape index (κ2) is 8.45. The van der Waals surface area contributed by atoms with Crippen LogP contribution in [-0.2, 0) is 9.47 Å². The van der Waals surface area contributed by atoms with Crippen molar-refractivity contribution in [2.24, 2.45) is 0 Å². The van der Waals surface area contributed by atoms with Gasteiger partial charge in [-0.25, -0.2) is 0 Å². The highest BCUT2D eigenvalue weighted by atomic mass is 16.6. The predicted octanol–water partition coefficient (Wildman–Crippen LogP) is 6.48. The Kier molecular flexibility index (Phi) is 4.96. The number of epoxide rings is 2. The lowest BCUT2D eigenvalue weighted by Crippen LogP contribution is -2.05. The van der Waals surface area contributed by atoms with Crippen molar-refractivity contribution >= 4 is 21.9 Å². The largest absolute Gasteiger partial charge is 0.490 e. The Balaban J connectivity index is 1.40. The van der Waals surface area contributed by atoms with Crippen LogP contribution in [0, 0.1) is 0 Å². The van der Waals surface area contributed by atoms with E-state index in [2.05, 4.69) is 36.4 Å². The van der Waals surface area contributed by atoms with Gasteiger partial charge in [-0.3, -0.25) is 0 Å². The van der Waals surface area contributed by atoms with E-state index in [1.54, 1.807) is 0 Å². The molecule has 0 spiro atoms. The van der Waals surface area contributed by atoms with E-state index in [9.17, 15) is 0 Å². The summed E-state index contributed by atoms with van der Waals surface area (Å²) in [6.45, 7) is 2.57. The van der Waals surface area contributed by atoms with Crippen LogP contribution in [0.1, 0.15) is 0 Å². The van der Waals surface area contributed by atoms with Gasteiger partial charge in [-0.2, -0.15) is 0 Å². The molecule has 0 aliphatic carbocycles. The molecule has 7 rings (SSSR count). The SMILES string of the molecule is c1ccc(-c2cc3c(cc2OCC2CO2)oc2cc(OCC4CO4)c(-c4ccccc4)cc23)cc1. The molecule has 2 aliphatic heterocycles. The zero-order valence-electron chi connectivity index (χ0n) is 19.1. The fourth-order valence-corrected chi connectivity index (χ4v) is 4.45. The molecule has 35 heavy (non-hydrogen) atoms. The molecule has 2 atom stereocenters. The average molecular weight is 465 g/mol. The summed E-state index contributed by atoms with van der Waals surface area (Å²) >= 11 is 0. The molecule has 4 aromatic carbocycles. The maximum atomic E-state index is 6.34. The number of fused-ring (bicyclic) bond motifs is 3. The Morgan fingerprint density at radius 3 is 1.43 bits per heavy atom. The maximum Gasteiger partial charge on any atom is 0.139 e. The van der Waals surface area contributed by atoms with Crippen LogP contribution < -0.4 is 9.47 Å². The van der Waals surface area contributed by atoms with Gasteiger partial charge in [0.2, 0.25) is 0 Å². The molecule has 2 fully saturated rings. The molecule has 0 radical (unpaired) electrons. The van der Waals surface area contributed by atoms with Gasteiger partial charge < -0.3 is 23.4 Å². The summed E-state index contributed by atoms with van der Waals surface area (Å²) in [4.78, 5) is 0. The maximum absolute atomic E-state index is 6.34. The number of rotatable bonds is 8. The van der Waals surface area contributed by atoms with Crippen molar-refractivity contribution < 1.29 is 23.4 Å². The smallest absolute Gasteiger partial charge is 0.139 e. The van der Waals surface area contributed by atoms with Gasteiger partial charge >= 0.3 is 0 Å². The third kappa shape index (κ3) is 4.14. The lowest BCUT2D eigenvalue weighted by molar-refractivity contribution is 0.263. The second-order valence-electron chi connectivity index (χ2n) is 9.06. The van der Waals surface area contributed by atoms with Crippen molar-refractivity contribution in [3.8, 4) is 33.8 Å². The molecule has 2 unspecified atom stereocenters. The highest BCUT2D eigenvalue weighted by Crippen LogP contribution is 2.42. The summed E-state index contributed by atoms with van der Waals surface area (Å²) in [7, 11) is 0. The third-order valence-electron chi connectivity index (χ3n) is 6.50. The van der Waals surface area contributed by atoms with Crippen LogP contribution in [0.15, 0.2) is 89.3 Å². The molecule has 2 saturated heterocycles. The van der Waals surface area contributed by atoms with Gasteiger partial charge in [0.15, 0.2) is 0 Å². The lowest BCUT2D eigenvalue weighted by Gasteiger charge is -2.12. The Hall–Kier alpha value is -3.80. The summed E-state index contributed by atoms with van der Waals surface area (Å²) in [5.74, 6) is 1.59. The van der Waals surface area contributed by atoms with Crippen molar-refractivity contribution in [2.75, 3.05) is 26.4 Å². The number of hydrogen-bond acceptors (Lipinski definition) is 5. The highest BCUT2D eigenvalue weighted by Gasteiger charge is 2.26. The summed E-state index contributed by atoms with van der Waals surface area (Å²) in [6, 6.07) is 29.0. The highest BCUT2D eigenvalue weighted by molar-refractivity contribution is 6.09. The van der Waals surface area contributed by atoms with Crippen molar-refractivity contribution in [1.29, 1.82) is 0 Å². The standard InChI is InChI=1S/C30H24O5/c1-3-7-19(8-4-1)23-11-25-26-12-24(20-9-5-2-6-10-20)28(34-18-22-16-32-22)14-30(26)35-29(25)13-27(23)33-17-21-15-31-21/h1-14,21-22H,15-18H2. The topological polar surface area (TPSA) is 56.7 Å². The van der Waals surface area contributed by atoms with Crippen molar-refractivity contribution in [2.45, 2.75) is 12.2 Å². The van der Waals surface area contributed by atoms with Crippen LogP contribution in [0.4, 0.5) is 0 Å². The normalized spacial score (nSPS) is 18.6. The monoisotopic (exact) mass is 464 g/mol. The minimum atomic E-state index is 0.175. The predicted molar refractivity (Wildman–Crippen MR) is 135 cm³/mol. The lowest BCUT2D eigenvalue weighted by atomic mass is 9.99. The Labute approximate surface area is 202 Å². The Morgan fingerprint density at radius 2 is 1.03 bits per heavy atom. The fourth-order valence-electron chi connectivity index (χ4n) is 4.45. The molecular weight excluding hydrogens is 440 g/mol. The van der Waals surface area contributed by atoms with E-state index in [4.69, 9.17) is 23.4 Å². The zero-order valence-corrected chi connectivity index (χ0v) is 19.1. The molecule has 0 N–H and O–H groups in total. The number of furan rings is 1. The van der Waals surface area contributed by atoms with Crippen LogP contribution >= 0.6 is 0 Å². The summed E-state index contributed by atoms with van der Waals surface area (Å²) in [5, 5.41) is 2.09. The first-order chi connectivity index (χ1) is 17.3. The molecule has 174 valence electrons. The van der Waals surface area contributed by atoms with Crippen LogP contribution in [0.25, 0.3) is 44.2 Å². The van der Waals surface area contributed by atoms with Crippen LogP contribution in [0.5, 0.6) is 11.5 Å². The number of hydrogen-bond donors (Lipinski definition) is 0. The van der Waals surface area contributed by atoms with Crippen molar-refractivity contribution in [1.82, 2.24) is 0 Å². The first-order valence-electron chi connectivity index (χ1n) is 12.0. The number of benzene rings is 4. The van der Waals surface area contributed by atoms with Crippen molar-refractivity contribution in [3.05, 3.63) is 84.9 Å². The molecule has 3 heterocycles. The minimum Gasteiger partial charge on any atom is -0.490 e. The average Bonchev–Trinajstić information content (AvgIpc) is 3.84. The Bertz CT molecular complexity index is 1380. The summed E-state index contributed by atoms with van der Waals surface area (Å²) < 4.78 is 29.4. The molecule has 5 aromatic rings. The van der Waals surface area contributed by atoms with E-state index in [-0.39, 0.29) is 12.2 Å². The van der Waals surface area contributed by atoms with Gasteiger partial charge in [0.25, 0.3) is 0 Å². The van der Waals surface area contributed by atoms with Crippen LogP contribution in [0.2, 0.25) is 0 Å². The van der Waals surface area contributed by atoms with E-state index in [1.165, 1.54) is 0 Å². The van der Waals surface area contributed by atoms with E-state index in [1.807, 2.05) is 48.5 Å². The molecule has 5 heteroatoms. The molecule has 0 saturated carbocycles. The molecule has 1 aromatic heterocycles. The third-order valence-corrected chi connectivity index (χ3v) is 6.50. The quantitative estimate of drug-likeness (QED) is 0.246. The first kappa shape index (κ1) is 20.6. The van der Waals surface area contributed by atoms with Crippen LogP contribution in [0.3, 0.4) is 0 Å². The molecule has 5 nitrogen and oxygen atoms in total. The van der Waals surface area contributed by atoms with Crippen LogP contribution in [-0.4, -0.2) is 38.6 Å². The second-order valence-corrected chi connectivity index (χ2v) is 9.06. The fraction of sp³-hybridized carbons (Fsp3) is 0.200. The van der Waals surface area contributed by atoms with Gasteiger partial charge in [-0.1, -0.05) is 60.7 Å². The van der Waals surface area contributed by atoms with E-state index < -0.39 is 0 Å². The first-order valence-corrected chi connectivity index (χ1v) is 12.0. The molecular formula is C30H24O5. The van der Waals surface area contributed by atoms with Gasteiger partial charge in [-0.15, -0.1) is 0 Å². The van der Waals surface area contributed by atoms with Crippen molar-refractivity contribution in [3.63, 3.8) is 0 Å². The zero-order chi connectivity index (χ0) is 23.2.